The minimum Gasteiger partial charge on any atom is -0.327 e. The van der Waals surface area contributed by atoms with Crippen LogP contribution in [0.4, 0.5) is 0 Å². The summed E-state index contributed by atoms with van der Waals surface area (Å²) in [4.78, 5) is 25.4. The highest BCUT2D eigenvalue weighted by Gasteiger charge is 2.13. The molecule has 0 spiro atoms. The van der Waals surface area contributed by atoms with E-state index in [2.05, 4.69) is 33.2 Å². The van der Waals surface area contributed by atoms with Crippen molar-refractivity contribution in [2.24, 2.45) is 0 Å². The molecule has 1 atom stereocenters. The Hall–Kier alpha value is -2.76. The molecule has 136 valence electrons. The molecule has 2 heterocycles. The van der Waals surface area contributed by atoms with Gasteiger partial charge in [-0.3, -0.25) is 4.79 Å². The Labute approximate surface area is 161 Å². The fourth-order valence-electron chi connectivity index (χ4n) is 3.31. The second kappa shape index (κ2) is 7.10. The van der Waals surface area contributed by atoms with Crippen LogP contribution >= 0.6 is 11.6 Å². The molecule has 0 saturated carbocycles. The van der Waals surface area contributed by atoms with Crippen molar-refractivity contribution in [2.75, 3.05) is 7.05 Å². The standard InChI is InChI=1S/C21H19ClN4O/c1-13-7-8-14-10-15(20(22)24-18(14)9-13)11-26(2)12-19-23-17-6-4-3-5-16(17)21(27)25-19/h3-10H,11-12H2,1-2H3,(H,23,25,27)/p+1. The van der Waals surface area contributed by atoms with E-state index in [0.29, 0.717) is 35.0 Å². The molecule has 6 heteroatoms. The lowest BCUT2D eigenvalue weighted by Crippen LogP contribution is -3.06. The summed E-state index contributed by atoms with van der Waals surface area (Å²) in [6.07, 6.45) is 0. The number of quaternary nitrogens is 1. The van der Waals surface area contributed by atoms with E-state index < -0.39 is 0 Å². The number of fused-ring (bicyclic) bond motifs is 2. The third-order valence-electron chi connectivity index (χ3n) is 4.62. The van der Waals surface area contributed by atoms with E-state index in [1.165, 1.54) is 0 Å². The van der Waals surface area contributed by atoms with Crippen LogP contribution in [0, 0.1) is 6.92 Å². The zero-order chi connectivity index (χ0) is 19.0. The number of nitrogens with one attached hydrogen (secondary N) is 2. The van der Waals surface area contributed by atoms with Crippen molar-refractivity contribution in [1.29, 1.82) is 0 Å². The van der Waals surface area contributed by atoms with Gasteiger partial charge in [-0.05, 0) is 36.8 Å². The second-order valence-electron chi connectivity index (χ2n) is 6.97. The van der Waals surface area contributed by atoms with Crippen LogP contribution in [0.25, 0.3) is 21.8 Å². The van der Waals surface area contributed by atoms with Gasteiger partial charge in [0.2, 0.25) is 0 Å². The average molecular weight is 380 g/mol. The SMILES string of the molecule is Cc1ccc2cc(C[NH+](C)Cc3nc4ccccc4c(=O)[nH]3)c(Cl)nc2c1. The van der Waals surface area contributed by atoms with Crippen LogP contribution in [0.2, 0.25) is 5.15 Å². The van der Waals surface area contributed by atoms with Gasteiger partial charge < -0.3 is 9.88 Å². The maximum atomic E-state index is 12.2. The first-order chi connectivity index (χ1) is 13.0. The topological polar surface area (TPSA) is 63.1 Å². The van der Waals surface area contributed by atoms with Crippen LogP contribution in [-0.2, 0) is 13.1 Å². The third-order valence-corrected chi connectivity index (χ3v) is 4.95. The predicted molar refractivity (Wildman–Crippen MR) is 108 cm³/mol. The van der Waals surface area contributed by atoms with Gasteiger partial charge in [-0.2, -0.15) is 0 Å². The molecule has 0 amide bonds. The molecule has 27 heavy (non-hydrogen) atoms. The molecule has 0 saturated heterocycles. The largest absolute Gasteiger partial charge is 0.327 e. The van der Waals surface area contributed by atoms with Crippen molar-refractivity contribution in [1.82, 2.24) is 15.0 Å². The molecule has 2 aromatic heterocycles. The lowest BCUT2D eigenvalue weighted by atomic mass is 10.1. The molecule has 0 radical (unpaired) electrons. The lowest BCUT2D eigenvalue weighted by Gasteiger charge is -2.15. The molecule has 0 fully saturated rings. The first-order valence-electron chi connectivity index (χ1n) is 8.84. The number of aromatic amines is 1. The summed E-state index contributed by atoms with van der Waals surface area (Å²) in [5.41, 5.74) is 3.65. The summed E-state index contributed by atoms with van der Waals surface area (Å²) >= 11 is 6.41. The molecule has 2 N–H and O–H groups in total. The fourth-order valence-corrected chi connectivity index (χ4v) is 3.53. The van der Waals surface area contributed by atoms with Crippen LogP contribution < -0.4 is 10.5 Å². The average Bonchev–Trinajstić information content (AvgIpc) is 2.62. The Balaban J connectivity index is 1.58. The van der Waals surface area contributed by atoms with Gasteiger partial charge >= 0.3 is 0 Å². The molecule has 0 aliphatic carbocycles. The highest BCUT2D eigenvalue weighted by molar-refractivity contribution is 6.30. The summed E-state index contributed by atoms with van der Waals surface area (Å²) in [5.74, 6) is 0.664. The molecule has 0 aliphatic rings. The normalized spacial score (nSPS) is 12.6. The van der Waals surface area contributed by atoms with Gasteiger partial charge in [0.1, 0.15) is 18.2 Å². The highest BCUT2D eigenvalue weighted by atomic mass is 35.5. The maximum absolute atomic E-state index is 12.2. The van der Waals surface area contributed by atoms with Crippen LogP contribution in [0.3, 0.4) is 0 Å². The second-order valence-corrected chi connectivity index (χ2v) is 7.33. The Morgan fingerprint density at radius 2 is 1.85 bits per heavy atom. The van der Waals surface area contributed by atoms with Gasteiger partial charge in [0.05, 0.1) is 23.5 Å². The number of aryl methyl sites for hydroxylation is 1. The molecule has 1 unspecified atom stereocenters. The summed E-state index contributed by atoms with van der Waals surface area (Å²) in [6, 6.07) is 15.6. The number of para-hydroxylation sites is 1. The Morgan fingerprint density at radius 3 is 2.70 bits per heavy atom. The van der Waals surface area contributed by atoms with Gasteiger partial charge in [0.25, 0.3) is 5.56 Å². The summed E-state index contributed by atoms with van der Waals surface area (Å²) < 4.78 is 0. The van der Waals surface area contributed by atoms with E-state index >= 15 is 0 Å². The Bertz CT molecular complexity index is 1200. The minimum absolute atomic E-state index is 0.107. The number of aromatic nitrogens is 3. The monoisotopic (exact) mass is 379 g/mol. The smallest absolute Gasteiger partial charge is 0.258 e. The van der Waals surface area contributed by atoms with Gasteiger partial charge in [-0.25, -0.2) is 9.97 Å². The van der Waals surface area contributed by atoms with Crippen LogP contribution in [0.1, 0.15) is 17.0 Å². The number of benzene rings is 2. The first-order valence-corrected chi connectivity index (χ1v) is 9.22. The van der Waals surface area contributed by atoms with E-state index in [9.17, 15) is 4.79 Å². The molecule has 4 rings (SSSR count). The summed E-state index contributed by atoms with van der Waals surface area (Å²) in [6.45, 7) is 3.31. The molecule has 2 aromatic carbocycles. The number of pyridine rings is 1. The van der Waals surface area contributed by atoms with E-state index in [0.717, 1.165) is 26.9 Å². The molecule has 5 nitrogen and oxygen atoms in total. The molecular formula is C21H20ClN4O+. The maximum Gasteiger partial charge on any atom is 0.258 e. The summed E-state index contributed by atoms with van der Waals surface area (Å²) in [5, 5.41) is 2.20. The molecule has 4 aromatic rings. The van der Waals surface area contributed by atoms with Gasteiger partial charge in [0.15, 0.2) is 5.82 Å². The number of nitrogens with zero attached hydrogens (tertiary/aromatic N) is 2. The predicted octanol–water partition coefficient (Wildman–Crippen LogP) is 2.65. The van der Waals surface area contributed by atoms with Crippen molar-refractivity contribution in [3.05, 3.63) is 81.0 Å². The van der Waals surface area contributed by atoms with Crippen molar-refractivity contribution in [2.45, 2.75) is 20.0 Å². The van der Waals surface area contributed by atoms with Gasteiger partial charge in [0, 0.05) is 10.9 Å². The van der Waals surface area contributed by atoms with Crippen LogP contribution in [-0.4, -0.2) is 22.0 Å². The molecular weight excluding hydrogens is 360 g/mol. The summed E-state index contributed by atoms with van der Waals surface area (Å²) in [7, 11) is 2.05. The zero-order valence-corrected chi connectivity index (χ0v) is 16.0. The van der Waals surface area contributed by atoms with Crippen LogP contribution in [0.15, 0.2) is 53.3 Å². The Kier molecular flexibility index (Phi) is 4.64. The van der Waals surface area contributed by atoms with Gasteiger partial charge in [-0.15, -0.1) is 0 Å². The van der Waals surface area contributed by atoms with Crippen molar-refractivity contribution >= 4 is 33.4 Å². The lowest BCUT2D eigenvalue weighted by molar-refractivity contribution is -0.908. The number of rotatable bonds is 4. The molecule has 0 bridgehead atoms. The number of hydrogen-bond donors (Lipinski definition) is 2. The molecule has 0 aliphatic heterocycles. The minimum atomic E-state index is -0.107. The van der Waals surface area contributed by atoms with Gasteiger partial charge in [-0.1, -0.05) is 35.9 Å². The number of halogens is 1. The van der Waals surface area contributed by atoms with Crippen molar-refractivity contribution in [3.63, 3.8) is 0 Å². The Morgan fingerprint density at radius 1 is 1.04 bits per heavy atom. The highest BCUT2D eigenvalue weighted by Crippen LogP contribution is 2.21. The van der Waals surface area contributed by atoms with E-state index in [4.69, 9.17) is 11.6 Å². The van der Waals surface area contributed by atoms with Crippen LogP contribution in [0.5, 0.6) is 0 Å². The van der Waals surface area contributed by atoms with E-state index in [1.807, 2.05) is 38.2 Å². The number of hydrogen-bond acceptors (Lipinski definition) is 3. The number of H-pyrrole nitrogens is 1. The third kappa shape index (κ3) is 3.70. The zero-order valence-electron chi connectivity index (χ0n) is 15.2. The fraction of sp³-hybridized carbons (Fsp3) is 0.190. The van der Waals surface area contributed by atoms with Crippen molar-refractivity contribution < 1.29 is 4.90 Å². The van der Waals surface area contributed by atoms with Crippen molar-refractivity contribution in [3.8, 4) is 0 Å². The first kappa shape index (κ1) is 17.6. The quantitative estimate of drug-likeness (QED) is 0.536. The van der Waals surface area contributed by atoms with E-state index in [1.54, 1.807) is 6.07 Å². The van der Waals surface area contributed by atoms with E-state index in [-0.39, 0.29) is 5.56 Å².